The van der Waals surface area contributed by atoms with Crippen molar-refractivity contribution in [2.45, 2.75) is 20.1 Å². The molecule has 2 rings (SSSR count). The summed E-state index contributed by atoms with van der Waals surface area (Å²) in [6, 6.07) is 14.3. The Morgan fingerprint density at radius 1 is 1.16 bits per heavy atom. The highest BCUT2D eigenvalue weighted by Crippen LogP contribution is 2.12. The maximum atomic E-state index is 11.6. The van der Waals surface area contributed by atoms with Gasteiger partial charge in [0.1, 0.15) is 6.61 Å². The van der Waals surface area contributed by atoms with Crippen molar-refractivity contribution in [2.24, 2.45) is 0 Å². The molecule has 0 unspecified atom stereocenters. The molecular weight excluding hydrogens is 318 g/mol. The van der Waals surface area contributed by atoms with Gasteiger partial charge < -0.3 is 15.2 Å². The van der Waals surface area contributed by atoms with Crippen molar-refractivity contribution in [2.75, 3.05) is 6.54 Å². The largest absolute Gasteiger partial charge is 0.445 e. The molecule has 0 heterocycles. The van der Waals surface area contributed by atoms with Gasteiger partial charge in [0, 0.05) is 11.1 Å². The molecule has 0 radical (unpaired) electrons. The molecule has 0 aliphatic carbocycles. The molecule has 0 spiro atoms. The first-order valence-corrected chi connectivity index (χ1v) is 7.78. The minimum atomic E-state index is -0.557. The number of aliphatic hydroxyl groups is 1. The number of benzene rings is 2. The maximum Gasteiger partial charge on any atom is 0.408 e. The van der Waals surface area contributed by atoms with Crippen molar-refractivity contribution in [3.63, 3.8) is 0 Å². The Bertz CT molecular complexity index is 803. The Morgan fingerprint density at radius 2 is 1.92 bits per heavy atom. The van der Waals surface area contributed by atoms with Crippen LogP contribution in [0.2, 0.25) is 0 Å². The Balaban J connectivity index is 1.88. The molecule has 25 heavy (non-hydrogen) atoms. The van der Waals surface area contributed by atoms with Crippen LogP contribution in [-0.2, 0) is 18.0 Å². The fourth-order valence-corrected chi connectivity index (χ4v) is 2.08. The highest BCUT2D eigenvalue weighted by Gasteiger charge is 2.04. The van der Waals surface area contributed by atoms with E-state index in [2.05, 4.69) is 17.2 Å². The fraction of sp³-hybridized carbons (Fsp3) is 0.200. The molecule has 1 amide bonds. The molecule has 5 heteroatoms. The third kappa shape index (κ3) is 5.79. The molecule has 0 aliphatic heterocycles. The van der Waals surface area contributed by atoms with Crippen LogP contribution in [0.1, 0.15) is 34.0 Å². The molecule has 0 bridgehead atoms. The molecular formula is C20H19NO4. The van der Waals surface area contributed by atoms with Crippen molar-refractivity contribution >= 4 is 11.9 Å². The molecule has 0 aliphatic rings. The molecule has 0 saturated carbocycles. The van der Waals surface area contributed by atoms with E-state index in [4.69, 9.17) is 4.74 Å². The second-order valence-electron chi connectivity index (χ2n) is 5.30. The zero-order chi connectivity index (χ0) is 18.1. The fourth-order valence-electron chi connectivity index (χ4n) is 2.08. The summed E-state index contributed by atoms with van der Waals surface area (Å²) >= 11 is 0. The monoisotopic (exact) mass is 337 g/mol. The van der Waals surface area contributed by atoms with Gasteiger partial charge in [-0.2, -0.15) is 0 Å². The number of rotatable bonds is 5. The molecule has 2 N–H and O–H groups in total. The second-order valence-corrected chi connectivity index (χ2v) is 5.30. The Labute approximate surface area is 146 Å². The van der Waals surface area contributed by atoms with Crippen LogP contribution in [0.4, 0.5) is 4.79 Å². The molecule has 128 valence electrons. The van der Waals surface area contributed by atoms with Crippen molar-refractivity contribution in [1.29, 1.82) is 0 Å². The first-order chi connectivity index (χ1) is 12.1. The molecule has 2 aromatic carbocycles. The van der Waals surface area contributed by atoms with Crippen molar-refractivity contribution in [3.05, 3.63) is 70.8 Å². The summed E-state index contributed by atoms with van der Waals surface area (Å²) in [6.45, 7) is 1.59. The molecule has 0 aromatic heterocycles. The van der Waals surface area contributed by atoms with E-state index in [-0.39, 0.29) is 25.5 Å². The predicted molar refractivity (Wildman–Crippen MR) is 93.9 cm³/mol. The van der Waals surface area contributed by atoms with Crippen LogP contribution < -0.4 is 5.32 Å². The van der Waals surface area contributed by atoms with Gasteiger partial charge >= 0.3 is 6.09 Å². The van der Waals surface area contributed by atoms with Gasteiger partial charge in [0.25, 0.3) is 0 Å². The average Bonchev–Trinajstić information content (AvgIpc) is 2.64. The van der Waals surface area contributed by atoms with Crippen molar-refractivity contribution < 1.29 is 19.4 Å². The van der Waals surface area contributed by atoms with Crippen LogP contribution in [0.3, 0.4) is 0 Å². The van der Waals surface area contributed by atoms with Crippen LogP contribution in [0.15, 0.2) is 48.5 Å². The lowest BCUT2D eigenvalue weighted by molar-refractivity contribution is 0.101. The molecule has 0 fully saturated rings. The normalized spacial score (nSPS) is 9.68. The Hall–Kier alpha value is -3.10. The Kier molecular flexibility index (Phi) is 6.76. The quantitative estimate of drug-likeness (QED) is 0.650. The van der Waals surface area contributed by atoms with Gasteiger partial charge in [0.15, 0.2) is 5.78 Å². The van der Waals surface area contributed by atoms with Crippen LogP contribution in [0.5, 0.6) is 0 Å². The molecule has 5 nitrogen and oxygen atoms in total. The van der Waals surface area contributed by atoms with Gasteiger partial charge in [-0.25, -0.2) is 4.79 Å². The van der Waals surface area contributed by atoms with Crippen LogP contribution in [0, 0.1) is 11.8 Å². The summed E-state index contributed by atoms with van der Waals surface area (Å²) in [7, 11) is 0. The van der Waals surface area contributed by atoms with Gasteiger partial charge in [0.2, 0.25) is 0 Å². The standard InChI is InChI=1S/C20H19NO4/c1-15(23)17-9-10-19(13-22)18(12-17)8-5-11-21-20(24)25-14-16-6-3-2-4-7-16/h2-4,6-7,9-10,12,22H,11,13-14H2,1H3,(H,21,24). The lowest BCUT2D eigenvalue weighted by Crippen LogP contribution is -2.24. The molecule has 0 saturated heterocycles. The van der Waals surface area contributed by atoms with Crippen LogP contribution in [0.25, 0.3) is 0 Å². The number of Topliss-reactive ketones (excluding diaryl/α,β-unsaturated/α-hetero) is 1. The number of carbonyl (C=O) groups is 2. The SMILES string of the molecule is CC(=O)c1ccc(CO)c(C#CCNC(=O)OCc2ccccc2)c1. The smallest absolute Gasteiger partial charge is 0.408 e. The van der Waals surface area contributed by atoms with E-state index in [1.165, 1.54) is 6.92 Å². The lowest BCUT2D eigenvalue weighted by atomic mass is 10.0. The van der Waals surface area contributed by atoms with E-state index in [0.29, 0.717) is 16.7 Å². The lowest BCUT2D eigenvalue weighted by Gasteiger charge is -2.05. The van der Waals surface area contributed by atoms with Gasteiger partial charge in [0.05, 0.1) is 13.2 Å². The number of ketones is 1. The highest BCUT2D eigenvalue weighted by atomic mass is 16.5. The first-order valence-electron chi connectivity index (χ1n) is 7.78. The zero-order valence-corrected chi connectivity index (χ0v) is 13.9. The van der Waals surface area contributed by atoms with E-state index in [0.717, 1.165) is 5.56 Å². The number of aliphatic hydroxyl groups excluding tert-OH is 1. The number of alkyl carbamates (subject to hydrolysis) is 1. The number of carbonyl (C=O) groups excluding carboxylic acids is 2. The third-order valence-corrected chi connectivity index (χ3v) is 3.44. The topological polar surface area (TPSA) is 75.6 Å². The third-order valence-electron chi connectivity index (χ3n) is 3.44. The average molecular weight is 337 g/mol. The minimum Gasteiger partial charge on any atom is -0.445 e. The summed E-state index contributed by atoms with van der Waals surface area (Å²) in [5.74, 6) is 5.57. The second kappa shape index (κ2) is 9.26. The van der Waals surface area contributed by atoms with Gasteiger partial charge in [-0.1, -0.05) is 54.3 Å². The first kappa shape index (κ1) is 18.2. The van der Waals surface area contributed by atoms with Crippen LogP contribution >= 0.6 is 0 Å². The molecule has 2 aromatic rings. The number of hydrogen-bond donors (Lipinski definition) is 2. The number of nitrogens with one attached hydrogen (secondary N) is 1. The summed E-state index contributed by atoms with van der Waals surface area (Å²) in [5, 5.41) is 11.9. The summed E-state index contributed by atoms with van der Waals surface area (Å²) in [4.78, 5) is 23.0. The van der Waals surface area contributed by atoms with E-state index in [1.54, 1.807) is 18.2 Å². The van der Waals surface area contributed by atoms with E-state index >= 15 is 0 Å². The Morgan fingerprint density at radius 3 is 2.60 bits per heavy atom. The van der Waals surface area contributed by atoms with E-state index < -0.39 is 6.09 Å². The minimum absolute atomic E-state index is 0.0739. The van der Waals surface area contributed by atoms with Gasteiger partial charge in [-0.15, -0.1) is 0 Å². The van der Waals surface area contributed by atoms with Crippen molar-refractivity contribution in [1.82, 2.24) is 5.32 Å². The van der Waals surface area contributed by atoms with Gasteiger partial charge in [-0.3, -0.25) is 4.79 Å². The van der Waals surface area contributed by atoms with Crippen LogP contribution in [-0.4, -0.2) is 23.5 Å². The van der Waals surface area contributed by atoms with E-state index in [9.17, 15) is 14.7 Å². The summed E-state index contributed by atoms with van der Waals surface area (Å²) in [6.07, 6.45) is -0.557. The van der Waals surface area contributed by atoms with Crippen molar-refractivity contribution in [3.8, 4) is 11.8 Å². The zero-order valence-electron chi connectivity index (χ0n) is 13.9. The summed E-state index contributed by atoms with van der Waals surface area (Å²) in [5.41, 5.74) is 2.62. The maximum absolute atomic E-state index is 11.6. The predicted octanol–water partition coefficient (Wildman–Crippen LogP) is 2.66. The molecule has 0 atom stereocenters. The van der Waals surface area contributed by atoms with Gasteiger partial charge in [-0.05, 0) is 24.1 Å². The van der Waals surface area contributed by atoms with E-state index in [1.807, 2.05) is 30.3 Å². The number of hydrogen-bond acceptors (Lipinski definition) is 4. The summed E-state index contributed by atoms with van der Waals surface area (Å²) < 4.78 is 5.07. The number of amides is 1. The number of ether oxygens (including phenoxy) is 1. The highest BCUT2D eigenvalue weighted by molar-refractivity contribution is 5.94.